The molecule has 0 heterocycles. The van der Waals surface area contributed by atoms with Gasteiger partial charge in [-0.15, -0.1) is 0 Å². The van der Waals surface area contributed by atoms with Crippen molar-refractivity contribution in [2.45, 2.75) is 197 Å². The molecule has 0 saturated heterocycles. The molecule has 2 nitrogen and oxygen atoms in total. The molecule has 0 aliphatic carbocycles. The van der Waals surface area contributed by atoms with E-state index >= 15 is 0 Å². The average molecular weight is 511 g/mol. The first-order valence-corrected chi connectivity index (χ1v) is 16.2. The van der Waals surface area contributed by atoms with Crippen molar-refractivity contribution in [3.8, 4) is 0 Å². The van der Waals surface area contributed by atoms with Crippen LogP contribution in [0, 0.1) is 16.7 Å². The molecule has 0 saturated carbocycles. The van der Waals surface area contributed by atoms with Gasteiger partial charge in [-0.25, -0.2) is 0 Å². The normalized spacial score (nSPS) is 12.8. The van der Waals surface area contributed by atoms with E-state index in [1.54, 1.807) is 0 Å². The Morgan fingerprint density at radius 2 is 0.944 bits per heavy atom. The highest BCUT2D eigenvalue weighted by Gasteiger charge is 2.24. The molecule has 0 radical (unpaired) electrons. The van der Waals surface area contributed by atoms with Gasteiger partial charge in [0.2, 0.25) is 0 Å². The number of hydrogen-bond donors (Lipinski definition) is 1. The van der Waals surface area contributed by atoms with Gasteiger partial charge in [0.05, 0.1) is 5.92 Å². The first-order valence-electron chi connectivity index (χ1n) is 16.2. The molecule has 1 atom stereocenters. The topological polar surface area (TPSA) is 37.3 Å². The molecule has 0 rings (SSSR count). The zero-order valence-corrected chi connectivity index (χ0v) is 26.5. The monoisotopic (exact) mass is 511 g/mol. The second-order valence-electron chi connectivity index (χ2n) is 13.5. The van der Waals surface area contributed by atoms with E-state index in [0.717, 1.165) is 25.7 Å². The summed E-state index contributed by atoms with van der Waals surface area (Å²) in [6, 6.07) is 0. The lowest BCUT2D eigenvalue weighted by molar-refractivity contribution is -0.142. The zero-order valence-electron chi connectivity index (χ0n) is 26.5. The van der Waals surface area contributed by atoms with Crippen LogP contribution in [0.5, 0.6) is 0 Å². The molecule has 0 bridgehead atoms. The minimum atomic E-state index is -0.643. The van der Waals surface area contributed by atoms with Crippen molar-refractivity contribution in [3.63, 3.8) is 0 Å². The third-order valence-corrected chi connectivity index (χ3v) is 7.46. The van der Waals surface area contributed by atoms with E-state index in [4.69, 9.17) is 5.11 Å². The van der Waals surface area contributed by atoms with Crippen LogP contribution in [0.3, 0.4) is 0 Å². The third kappa shape index (κ3) is 29.7. The minimum Gasteiger partial charge on any atom is -0.481 e. The number of carboxylic acid groups (broad SMARTS) is 1. The number of hydrogen-bond acceptors (Lipinski definition) is 1. The van der Waals surface area contributed by atoms with E-state index < -0.39 is 5.97 Å². The molecule has 1 unspecified atom stereocenters. The van der Waals surface area contributed by atoms with Crippen LogP contribution in [0.1, 0.15) is 197 Å². The number of rotatable bonds is 23. The van der Waals surface area contributed by atoms with E-state index in [9.17, 15) is 4.79 Å². The number of unbranched alkanes of at least 4 members (excludes halogenated alkanes) is 16. The fourth-order valence-corrected chi connectivity index (χ4v) is 5.63. The predicted molar refractivity (Wildman–Crippen MR) is 163 cm³/mol. The summed E-state index contributed by atoms with van der Waals surface area (Å²) in [5, 5.41) is 8.60. The average Bonchev–Trinajstić information content (AvgIpc) is 2.78. The maximum Gasteiger partial charge on any atom is 0.306 e. The summed E-state index contributed by atoms with van der Waals surface area (Å²) < 4.78 is 0. The van der Waals surface area contributed by atoms with Crippen LogP contribution in [-0.4, -0.2) is 11.1 Å². The van der Waals surface area contributed by atoms with Crippen molar-refractivity contribution in [1.82, 2.24) is 0 Å². The fourth-order valence-electron chi connectivity index (χ4n) is 5.63. The number of carbonyl (C=O) groups is 1. The summed E-state index contributed by atoms with van der Waals surface area (Å²) in [7, 11) is 0. The van der Waals surface area contributed by atoms with Gasteiger partial charge in [-0.2, -0.15) is 0 Å². The van der Waals surface area contributed by atoms with Crippen LogP contribution in [0.15, 0.2) is 0 Å². The molecule has 0 aliphatic rings. The van der Waals surface area contributed by atoms with Gasteiger partial charge in [-0.05, 0) is 36.5 Å². The van der Waals surface area contributed by atoms with Crippen LogP contribution < -0.4 is 0 Å². The lowest BCUT2D eigenvalue weighted by Crippen LogP contribution is -2.20. The van der Waals surface area contributed by atoms with Crippen LogP contribution in [0.25, 0.3) is 0 Å². The molecule has 0 aliphatic heterocycles. The quantitative estimate of drug-likeness (QED) is 0.139. The summed E-state index contributed by atoms with van der Waals surface area (Å²) in [5.74, 6) is -0.754. The summed E-state index contributed by atoms with van der Waals surface area (Å²) in [6.45, 7) is 18.4. The largest absolute Gasteiger partial charge is 0.481 e. The van der Waals surface area contributed by atoms with Crippen molar-refractivity contribution in [3.05, 3.63) is 0 Å². The van der Waals surface area contributed by atoms with E-state index in [0.29, 0.717) is 10.8 Å². The van der Waals surface area contributed by atoms with Gasteiger partial charge in [0.15, 0.2) is 0 Å². The molecule has 36 heavy (non-hydrogen) atoms. The minimum absolute atomic E-state index is 0.111. The van der Waals surface area contributed by atoms with E-state index in [1.165, 1.54) is 116 Å². The van der Waals surface area contributed by atoms with E-state index in [1.807, 2.05) is 6.92 Å². The van der Waals surface area contributed by atoms with Gasteiger partial charge in [0.25, 0.3) is 0 Å². The molecule has 1 N–H and O–H groups in total. The summed E-state index contributed by atoms with van der Waals surface area (Å²) >= 11 is 0. The van der Waals surface area contributed by atoms with Gasteiger partial charge in [0.1, 0.15) is 0 Å². The van der Waals surface area contributed by atoms with Crippen molar-refractivity contribution in [2.75, 3.05) is 0 Å². The molecule has 0 amide bonds. The van der Waals surface area contributed by atoms with Gasteiger partial charge < -0.3 is 5.11 Å². The Bertz CT molecular complexity index is 460. The highest BCUT2D eigenvalue weighted by atomic mass is 16.4. The summed E-state index contributed by atoms with van der Waals surface area (Å²) in [6.07, 6.45) is 29.9. The number of aliphatic carboxylic acids is 1. The first kappa shape index (κ1) is 37.6. The van der Waals surface area contributed by atoms with Crippen molar-refractivity contribution >= 4 is 5.97 Å². The SMILES string of the molecule is CCCCC(CC)C(=O)O.CCCCCCCCCCCCCCCCCCC(C)(C)CC(C)(C)C. The Labute approximate surface area is 229 Å². The van der Waals surface area contributed by atoms with Gasteiger partial charge in [-0.3, -0.25) is 4.79 Å². The Morgan fingerprint density at radius 3 is 1.25 bits per heavy atom. The smallest absolute Gasteiger partial charge is 0.306 e. The van der Waals surface area contributed by atoms with E-state index in [-0.39, 0.29) is 5.92 Å². The highest BCUT2D eigenvalue weighted by Crippen LogP contribution is 2.37. The zero-order chi connectivity index (χ0) is 27.7. The van der Waals surface area contributed by atoms with Crippen molar-refractivity contribution in [2.24, 2.45) is 16.7 Å². The molecule has 0 aromatic rings. The first-order chi connectivity index (χ1) is 17.0. The Kier molecular flexibility index (Phi) is 25.9. The second kappa shape index (κ2) is 24.8. The van der Waals surface area contributed by atoms with Crippen LogP contribution in [0.4, 0.5) is 0 Å². The molecule has 218 valence electrons. The Hall–Kier alpha value is -0.530. The molecular weight excluding hydrogens is 440 g/mol. The van der Waals surface area contributed by atoms with Crippen LogP contribution >= 0.6 is 0 Å². The lowest BCUT2D eigenvalue weighted by atomic mass is 9.73. The fraction of sp³-hybridized carbons (Fsp3) is 0.971. The number of carboxylic acids is 1. The standard InChI is InChI=1S/C26H54.C8H16O2/c1-7-8-9-10-11-12-13-14-15-16-17-18-19-20-21-22-23-26(5,6)24-25(2,3)4;1-3-5-6-7(4-2)8(9)10/h7-24H2,1-6H3;7H,3-6H2,1-2H3,(H,9,10). The lowest BCUT2D eigenvalue weighted by Gasteiger charge is -2.32. The van der Waals surface area contributed by atoms with E-state index in [2.05, 4.69) is 48.5 Å². The van der Waals surface area contributed by atoms with Crippen LogP contribution in [0.2, 0.25) is 0 Å². The van der Waals surface area contributed by atoms with Gasteiger partial charge in [0, 0.05) is 0 Å². The second-order valence-corrected chi connectivity index (χ2v) is 13.5. The maximum absolute atomic E-state index is 10.4. The maximum atomic E-state index is 10.4. The summed E-state index contributed by atoms with van der Waals surface area (Å²) in [4.78, 5) is 10.4. The molecule has 0 aromatic carbocycles. The Balaban J connectivity index is 0. The Morgan fingerprint density at radius 1 is 0.583 bits per heavy atom. The molecular formula is C34H70O2. The highest BCUT2D eigenvalue weighted by molar-refractivity contribution is 5.69. The van der Waals surface area contributed by atoms with Gasteiger partial charge >= 0.3 is 5.97 Å². The summed E-state index contributed by atoms with van der Waals surface area (Å²) in [5.41, 5.74) is 0.993. The molecule has 2 heteroatoms. The van der Waals surface area contributed by atoms with Crippen molar-refractivity contribution < 1.29 is 9.90 Å². The van der Waals surface area contributed by atoms with Gasteiger partial charge in [-0.1, -0.05) is 171 Å². The van der Waals surface area contributed by atoms with Crippen LogP contribution in [-0.2, 0) is 4.79 Å². The molecule has 0 fully saturated rings. The molecule has 0 aromatic heterocycles. The third-order valence-electron chi connectivity index (χ3n) is 7.46. The predicted octanol–water partition coefficient (Wildman–Crippen LogP) is 12.4. The van der Waals surface area contributed by atoms with Crippen molar-refractivity contribution in [1.29, 1.82) is 0 Å². The molecule has 0 spiro atoms.